The fourth-order valence-electron chi connectivity index (χ4n) is 13.2. The molecular weight excluding hydrogens is 1210 g/mol. The van der Waals surface area contributed by atoms with Gasteiger partial charge < -0.3 is 89.9 Å². The summed E-state index contributed by atoms with van der Waals surface area (Å²) in [6.45, 7) is 1.76. The van der Waals surface area contributed by atoms with Crippen LogP contribution in [0, 0.1) is 0 Å². The van der Waals surface area contributed by atoms with Crippen LogP contribution in [0.4, 0.5) is 0 Å². The maximum atomic E-state index is 13.4. The van der Waals surface area contributed by atoms with Crippen molar-refractivity contribution in [3.05, 3.63) is 36.5 Å². The van der Waals surface area contributed by atoms with Gasteiger partial charge in [0.05, 0.1) is 38.6 Å². The zero-order valence-electron chi connectivity index (χ0n) is 59.4. The Bertz CT molecular complexity index is 1860. The van der Waals surface area contributed by atoms with E-state index in [4.69, 9.17) is 28.4 Å². The molecule has 3 rings (SSSR count). The third-order valence-corrected chi connectivity index (χ3v) is 19.4. The number of hydrogen-bond donors (Lipinski definition) is 12. The van der Waals surface area contributed by atoms with E-state index < -0.39 is 124 Å². The predicted molar refractivity (Wildman–Crippen MR) is 374 cm³/mol. The van der Waals surface area contributed by atoms with E-state index in [0.717, 1.165) is 64.2 Å². The summed E-state index contributed by atoms with van der Waals surface area (Å²) in [4.78, 5) is 13.4. The van der Waals surface area contributed by atoms with Gasteiger partial charge in [0.15, 0.2) is 18.9 Å². The zero-order valence-corrected chi connectivity index (χ0v) is 59.4. The van der Waals surface area contributed by atoms with Crippen molar-refractivity contribution >= 4 is 5.91 Å². The fourth-order valence-corrected chi connectivity index (χ4v) is 13.2. The smallest absolute Gasteiger partial charge is 0.220 e. The van der Waals surface area contributed by atoms with Gasteiger partial charge in [0, 0.05) is 6.42 Å². The molecule has 12 N–H and O–H groups in total. The number of unbranched alkanes of at least 4 members (excludes halogenated alkanes) is 41. The summed E-state index contributed by atoms with van der Waals surface area (Å²) in [5.41, 5.74) is 0. The molecule has 3 aliphatic rings. The van der Waals surface area contributed by atoms with E-state index in [-0.39, 0.29) is 18.9 Å². The molecule has 0 spiro atoms. The summed E-state index contributed by atoms with van der Waals surface area (Å²) in [6.07, 6.45) is 42.7. The lowest BCUT2D eigenvalue weighted by Crippen LogP contribution is -2.66. The van der Waals surface area contributed by atoms with Gasteiger partial charge in [-0.05, 0) is 51.4 Å². The van der Waals surface area contributed by atoms with Gasteiger partial charge in [-0.2, -0.15) is 0 Å². The Morgan fingerprint density at radius 2 is 0.695 bits per heavy atom. The molecule has 3 saturated heterocycles. The molecule has 0 aromatic carbocycles. The number of aliphatic hydroxyl groups is 11. The number of amides is 1. The molecule has 0 bridgehead atoms. The molecule has 3 heterocycles. The van der Waals surface area contributed by atoms with Crippen LogP contribution in [-0.4, -0.2) is 193 Å². The lowest BCUT2D eigenvalue weighted by Gasteiger charge is -2.48. The van der Waals surface area contributed by atoms with Crippen molar-refractivity contribution < 1.29 is 89.4 Å². The quantitative estimate of drug-likeness (QED) is 0.0199. The van der Waals surface area contributed by atoms with Gasteiger partial charge in [0.25, 0.3) is 0 Å². The molecular formula is C76H141NO18. The third-order valence-electron chi connectivity index (χ3n) is 19.4. The zero-order chi connectivity index (χ0) is 68.9. The Labute approximate surface area is 574 Å². The van der Waals surface area contributed by atoms with Gasteiger partial charge in [-0.25, -0.2) is 0 Å². The SMILES string of the molecule is CCCCCCC/C=C\C/C=C\CCCCCCCCCCCC(=O)NC(COC1OC(CO)C(OC2OC(CO)C(OC3OC(CO)C(O)C(O)C3O)C(O)C2O)C(O)C1O)C(O)/C=C/CCCCCCCCCCCCCCCCCCCCCCCCCCCCC. The maximum Gasteiger partial charge on any atom is 0.220 e. The van der Waals surface area contributed by atoms with E-state index in [9.17, 15) is 61.0 Å². The first-order chi connectivity index (χ1) is 46.3. The van der Waals surface area contributed by atoms with Gasteiger partial charge in [-0.3, -0.25) is 4.79 Å². The van der Waals surface area contributed by atoms with Crippen molar-refractivity contribution in [2.75, 3.05) is 26.4 Å². The molecule has 3 fully saturated rings. The molecule has 17 unspecified atom stereocenters. The van der Waals surface area contributed by atoms with Crippen LogP contribution >= 0.6 is 0 Å². The molecule has 1 amide bonds. The summed E-state index contributed by atoms with van der Waals surface area (Å²) in [7, 11) is 0. The Kier molecular flexibility index (Phi) is 52.9. The van der Waals surface area contributed by atoms with Crippen LogP contribution in [0.2, 0.25) is 0 Å². The Morgan fingerprint density at radius 3 is 1.07 bits per heavy atom. The topological polar surface area (TPSA) is 307 Å². The fraction of sp³-hybridized carbons (Fsp3) is 0.908. The molecule has 0 aromatic rings. The van der Waals surface area contributed by atoms with E-state index in [1.807, 2.05) is 6.08 Å². The first-order valence-corrected chi connectivity index (χ1v) is 38.7. The number of aliphatic hydroxyl groups excluding tert-OH is 11. The second-order valence-corrected chi connectivity index (χ2v) is 27.8. The molecule has 0 aliphatic carbocycles. The van der Waals surface area contributed by atoms with E-state index in [0.29, 0.717) is 6.42 Å². The largest absolute Gasteiger partial charge is 0.394 e. The number of carbonyl (C=O) groups is 1. The van der Waals surface area contributed by atoms with Gasteiger partial charge in [0.2, 0.25) is 5.91 Å². The van der Waals surface area contributed by atoms with E-state index >= 15 is 0 Å². The molecule has 19 heteroatoms. The highest BCUT2D eigenvalue weighted by molar-refractivity contribution is 5.76. The van der Waals surface area contributed by atoms with Crippen molar-refractivity contribution in [3.63, 3.8) is 0 Å². The molecule has 0 saturated carbocycles. The van der Waals surface area contributed by atoms with Crippen molar-refractivity contribution in [1.82, 2.24) is 5.32 Å². The predicted octanol–water partition coefficient (Wildman–Crippen LogP) is 11.9. The van der Waals surface area contributed by atoms with E-state index in [1.54, 1.807) is 6.08 Å². The maximum absolute atomic E-state index is 13.4. The lowest BCUT2D eigenvalue weighted by molar-refractivity contribution is -0.379. The van der Waals surface area contributed by atoms with Crippen molar-refractivity contribution in [1.29, 1.82) is 0 Å². The van der Waals surface area contributed by atoms with Gasteiger partial charge in [-0.1, -0.05) is 288 Å². The highest BCUT2D eigenvalue weighted by Gasteiger charge is 2.53. The van der Waals surface area contributed by atoms with Crippen LogP contribution in [0.1, 0.15) is 309 Å². The van der Waals surface area contributed by atoms with Crippen LogP contribution in [-0.2, 0) is 33.2 Å². The second-order valence-electron chi connectivity index (χ2n) is 27.8. The summed E-state index contributed by atoms with van der Waals surface area (Å²) in [5, 5.41) is 121. The van der Waals surface area contributed by atoms with Crippen LogP contribution in [0.5, 0.6) is 0 Å². The van der Waals surface area contributed by atoms with Gasteiger partial charge in [-0.15, -0.1) is 0 Å². The number of carbonyl (C=O) groups excluding carboxylic acids is 1. The van der Waals surface area contributed by atoms with Crippen molar-refractivity contribution in [2.24, 2.45) is 0 Å². The van der Waals surface area contributed by atoms with Crippen molar-refractivity contribution in [2.45, 2.75) is 413 Å². The second kappa shape index (κ2) is 57.6. The normalized spacial score (nSPS) is 27.4. The minimum absolute atomic E-state index is 0.239. The first kappa shape index (κ1) is 87.2. The van der Waals surface area contributed by atoms with Crippen LogP contribution in [0.15, 0.2) is 36.5 Å². The van der Waals surface area contributed by atoms with E-state index in [1.165, 1.54) is 218 Å². The highest BCUT2D eigenvalue weighted by Crippen LogP contribution is 2.33. The van der Waals surface area contributed by atoms with Crippen LogP contribution < -0.4 is 5.32 Å². The number of allylic oxidation sites excluding steroid dienone is 5. The molecule has 3 aliphatic heterocycles. The van der Waals surface area contributed by atoms with Crippen molar-refractivity contribution in [3.8, 4) is 0 Å². The number of rotatable bonds is 61. The Morgan fingerprint density at radius 1 is 0.379 bits per heavy atom. The van der Waals surface area contributed by atoms with Gasteiger partial charge >= 0.3 is 0 Å². The summed E-state index contributed by atoms with van der Waals surface area (Å²) < 4.78 is 34.4. The molecule has 95 heavy (non-hydrogen) atoms. The molecule has 19 nitrogen and oxygen atoms in total. The monoisotopic (exact) mass is 1360 g/mol. The minimum Gasteiger partial charge on any atom is -0.394 e. The Balaban J connectivity index is 1.40. The molecule has 0 radical (unpaired) electrons. The van der Waals surface area contributed by atoms with Crippen LogP contribution in [0.3, 0.4) is 0 Å². The number of ether oxygens (including phenoxy) is 6. The summed E-state index contributed by atoms with van der Waals surface area (Å²) in [6, 6.07) is -0.977. The first-order valence-electron chi connectivity index (χ1n) is 38.7. The molecule has 0 aromatic heterocycles. The summed E-state index contributed by atoms with van der Waals surface area (Å²) >= 11 is 0. The third kappa shape index (κ3) is 38.6. The standard InChI is InChI=1S/C76H141NO18/c1-3-5-7-9-11-13-15-17-19-21-23-25-26-27-28-29-30-31-32-34-35-37-39-41-43-45-47-49-51-53-60(81)59(77-64(82)54-52-50-48-46-44-42-40-38-36-33-24-22-20-18-16-14-12-10-8-6-4-2)58-90-74-70(88)67(85)72(62(56-79)92-74)95-76-71(89)68(86)73(63(57-80)93-76)94-75-69(87)66(84)65(83)61(55-78)91-75/h16,18,22,24,51,53,59-63,65-76,78-81,83-89H,3-15,17,19-21,23,25-50,52,54-58H2,1-2H3,(H,77,82)/b18-16-,24-22-,53-51+. The van der Waals surface area contributed by atoms with Gasteiger partial charge in [0.1, 0.15) is 73.2 Å². The Hall–Kier alpha value is -1.99. The number of hydrogen-bond acceptors (Lipinski definition) is 18. The van der Waals surface area contributed by atoms with E-state index in [2.05, 4.69) is 43.5 Å². The average Bonchev–Trinajstić information content (AvgIpc) is 0.787. The summed E-state index contributed by atoms with van der Waals surface area (Å²) in [5.74, 6) is -0.276. The molecule has 558 valence electrons. The average molecular weight is 1360 g/mol. The highest BCUT2D eigenvalue weighted by atomic mass is 16.8. The van der Waals surface area contributed by atoms with Crippen LogP contribution in [0.25, 0.3) is 0 Å². The number of nitrogens with one attached hydrogen (secondary N) is 1. The minimum atomic E-state index is -1.98. The molecule has 17 atom stereocenters. The lowest BCUT2D eigenvalue weighted by atomic mass is 9.96.